The fraction of sp³-hybridized carbons (Fsp3) is 0.235. The van der Waals surface area contributed by atoms with E-state index in [1.807, 2.05) is 48.5 Å². The zero-order chi connectivity index (χ0) is 14.0. The van der Waals surface area contributed by atoms with Crippen molar-refractivity contribution in [2.75, 3.05) is 0 Å². The average molecular weight is 254 g/mol. The summed E-state index contributed by atoms with van der Waals surface area (Å²) >= 11 is 0. The highest BCUT2D eigenvalue weighted by atomic mass is 16.3. The summed E-state index contributed by atoms with van der Waals surface area (Å²) in [7, 11) is 0. The zero-order valence-electron chi connectivity index (χ0n) is 11.5. The predicted molar refractivity (Wildman–Crippen MR) is 77.1 cm³/mol. The third kappa shape index (κ3) is 3.09. The van der Waals surface area contributed by atoms with Crippen LogP contribution in [0.3, 0.4) is 0 Å². The molecule has 0 aliphatic carbocycles. The van der Waals surface area contributed by atoms with Crippen LogP contribution in [0.4, 0.5) is 0 Å². The van der Waals surface area contributed by atoms with Crippen molar-refractivity contribution >= 4 is 5.78 Å². The third-order valence-electron chi connectivity index (χ3n) is 3.22. The highest BCUT2D eigenvalue weighted by Gasteiger charge is 2.15. The first-order chi connectivity index (χ1) is 8.88. The standard InChI is InChI=1S/C17H18O2/c1-12(18)13-4-6-14(7-5-13)15-8-10-16(11-9-15)17(2,3)19/h4-11,19H,1-3H3. The van der Waals surface area contributed by atoms with Gasteiger partial charge in [0.2, 0.25) is 0 Å². The lowest BCUT2D eigenvalue weighted by molar-refractivity contribution is 0.0786. The monoisotopic (exact) mass is 254 g/mol. The van der Waals surface area contributed by atoms with Crippen LogP contribution in [-0.4, -0.2) is 10.9 Å². The second kappa shape index (κ2) is 4.98. The van der Waals surface area contributed by atoms with Crippen molar-refractivity contribution in [3.63, 3.8) is 0 Å². The van der Waals surface area contributed by atoms with Crippen LogP contribution in [0.25, 0.3) is 11.1 Å². The lowest BCUT2D eigenvalue weighted by Crippen LogP contribution is -2.14. The normalized spacial score (nSPS) is 11.4. The Hall–Kier alpha value is -1.93. The van der Waals surface area contributed by atoms with Crippen LogP contribution < -0.4 is 0 Å². The summed E-state index contributed by atoms with van der Waals surface area (Å²) in [5.41, 5.74) is 2.92. The van der Waals surface area contributed by atoms with Crippen LogP contribution in [-0.2, 0) is 5.60 Å². The first kappa shape index (κ1) is 13.5. The number of carbonyl (C=O) groups is 1. The summed E-state index contributed by atoms with van der Waals surface area (Å²) in [6.07, 6.45) is 0. The van der Waals surface area contributed by atoms with Crippen LogP contribution >= 0.6 is 0 Å². The molecule has 1 N–H and O–H groups in total. The maximum absolute atomic E-state index is 11.2. The predicted octanol–water partition coefficient (Wildman–Crippen LogP) is 3.78. The summed E-state index contributed by atoms with van der Waals surface area (Å²) in [5, 5.41) is 9.91. The highest BCUT2D eigenvalue weighted by Crippen LogP contribution is 2.25. The Kier molecular flexibility index (Phi) is 3.54. The van der Waals surface area contributed by atoms with Crippen LogP contribution in [0.1, 0.15) is 36.7 Å². The largest absolute Gasteiger partial charge is 0.386 e. The van der Waals surface area contributed by atoms with E-state index in [2.05, 4.69) is 0 Å². The third-order valence-corrected chi connectivity index (χ3v) is 3.22. The topological polar surface area (TPSA) is 37.3 Å². The SMILES string of the molecule is CC(=O)c1ccc(-c2ccc(C(C)(C)O)cc2)cc1. The molecule has 0 aliphatic rings. The van der Waals surface area contributed by atoms with Gasteiger partial charge in [0.1, 0.15) is 0 Å². The number of ketones is 1. The fourth-order valence-corrected chi connectivity index (χ4v) is 1.97. The molecule has 2 rings (SSSR count). The highest BCUT2D eigenvalue weighted by molar-refractivity contribution is 5.94. The number of benzene rings is 2. The molecule has 0 radical (unpaired) electrons. The summed E-state index contributed by atoms with van der Waals surface area (Å²) in [6, 6.07) is 15.4. The molecule has 2 aromatic rings. The summed E-state index contributed by atoms with van der Waals surface area (Å²) in [4.78, 5) is 11.2. The first-order valence-corrected chi connectivity index (χ1v) is 6.32. The molecule has 0 heterocycles. The molecular formula is C17H18O2. The van der Waals surface area contributed by atoms with E-state index in [0.29, 0.717) is 0 Å². The van der Waals surface area contributed by atoms with Gasteiger partial charge in [0.15, 0.2) is 5.78 Å². The number of hydrogen-bond donors (Lipinski definition) is 1. The Balaban J connectivity index is 2.30. The molecule has 2 nitrogen and oxygen atoms in total. The Labute approximate surface area is 113 Å². The number of carbonyl (C=O) groups excluding carboxylic acids is 1. The molecule has 0 aliphatic heterocycles. The minimum absolute atomic E-state index is 0.0731. The summed E-state index contributed by atoms with van der Waals surface area (Å²) in [5.74, 6) is 0.0731. The minimum Gasteiger partial charge on any atom is -0.386 e. The molecule has 2 aromatic carbocycles. The van der Waals surface area contributed by atoms with E-state index in [9.17, 15) is 9.90 Å². The Bertz CT molecular complexity index is 572. The maximum atomic E-state index is 11.2. The van der Waals surface area contributed by atoms with Gasteiger partial charge in [0.05, 0.1) is 5.60 Å². The first-order valence-electron chi connectivity index (χ1n) is 6.32. The van der Waals surface area contributed by atoms with E-state index < -0.39 is 5.60 Å². The van der Waals surface area contributed by atoms with E-state index >= 15 is 0 Å². The van der Waals surface area contributed by atoms with Crippen LogP contribution in [0.2, 0.25) is 0 Å². The van der Waals surface area contributed by atoms with Crippen molar-refractivity contribution in [3.8, 4) is 11.1 Å². The Morgan fingerprint density at radius 3 is 1.68 bits per heavy atom. The molecule has 0 fully saturated rings. The van der Waals surface area contributed by atoms with Gasteiger partial charge in [-0.3, -0.25) is 4.79 Å². The van der Waals surface area contributed by atoms with Gasteiger partial charge >= 0.3 is 0 Å². The van der Waals surface area contributed by atoms with Crippen LogP contribution in [0.5, 0.6) is 0 Å². The van der Waals surface area contributed by atoms with Gasteiger partial charge in [-0.25, -0.2) is 0 Å². The molecule has 19 heavy (non-hydrogen) atoms. The summed E-state index contributed by atoms with van der Waals surface area (Å²) < 4.78 is 0. The summed E-state index contributed by atoms with van der Waals surface area (Å²) in [6.45, 7) is 5.10. The van der Waals surface area contributed by atoms with E-state index in [1.54, 1.807) is 20.8 Å². The molecule has 98 valence electrons. The molecule has 2 heteroatoms. The lowest BCUT2D eigenvalue weighted by Gasteiger charge is -2.17. The maximum Gasteiger partial charge on any atom is 0.159 e. The Morgan fingerprint density at radius 2 is 1.32 bits per heavy atom. The molecule has 0 unspecified atom stereocenters. The molecular weight excluding hydrogens is 236 g/mol. The van der Waals surface area contributed by atoms with E-state index in [-0.39, 0.29) is 5.78 Å². The van der Waals surface area contributed by atoms with Gasteiger partial charge in [-0.1, -0.05) is 48.5 Å². The smallest absolute Gasteiger partial charge is 0.159 e. The quantitative estimate of drug-likeness (QED) is 0.846. The minimum atomic E-state index is -0.822. The van der Waals surface area contributed by atoms with Crippen molar-refractivity contribution in [2.24, 2.45) is 0 Å². The second-order valence-electron chi connectivity index (χ2n) is 5.27. The van der Waals surface area contributed by atoms with Gasteiger partial charge in [0.25, 0.3) is 0 Å². The van der Waals surface area contributed by atoms with Crippen LogP contribution in [0.15, 0.2) is 48.5 Å². The molecule has 0 saturated carbocycles. The zero-order valence-corrected chi connectivity index (χ0v) is 11.5. The molecule has 0 spiro atoms. The van der Waals surface area contributed by atoms with Crippen molar-refractivity contribution in [1.82, 2.24) is 0 Å². The van der Waals surface area contributed by atoms with Gasteiger partial charge < -0.3 is 5.11 Å². The van der Waals surface area contributed by atoms with E-state index in [0.717, 1.165) is 22.3 Å². The van der Waals surface area contributed by atoms with Crippen molar-refractivity contribution in [3.05, 3.63) is 59.7 Å². The molecule has 0 aromatic heterocycles. The molecule has 0 saturated heterocycles. The van der Waals surface area contributed by atoms with Crippen molar-refractivity contribution < 1.29 is 9.90 Å². The average Bonchev–Trinajstić information content (AvgIpc) is 2.38. The Morgan fingerprint density at radius 1 is 0.895 bits per heavy atom. The fourth-order valence-electron chi connectivity index (χ4n) is 1.97. The van der Waals surface area contributed by atoms with Crippen molar-refractivity contribution in [1.29, 1.82) is 0 Å². The second-order valence-corrected chi connectivity index (χ2v) is 5.27. The van der Waals surface area contributed by atoms with Gasteiger partial charge in [-0.05, 0) is 37.5 Å². The number of hydrogen-bond acceptors (Lipinski definition) is 2. The lowest BCUT2D eigenvalue weighted by atomic mass is 9.95. The molecule has 0 atom stereocenters. The van der Waals surface area contributed by atoms with E-state index in [4.69, 9.17) is 0 Å². The van der Waals surface area contributed by atoms with Gasteiger partial charge in [-0.2, -0.15) is 0 Å². The number of Topliss-reactive ketones (excluding diaryl/α,β-unsaturated/α-hetero) is 1. The number of rotatable bonds is 3. The number of aliphatic hydroxyl groups is 1. The van der Waals surface area contributed by atoms with Gasteiger partial charge in [0, 0.05) is 5.56 Å². The van der Waals surface area contributed by atoms with E-state index in [1.165, 1.54) is 0 Å². The van der Waals surface area contributed by atoms with Crippen LogP contribution in [0, 0.1) is 0 Å². The van der Waals surface area contributed by atoms with Gasteiger partial charge in [-0.15, -0.1) is 0 Å². The van der Waals surface area contributed by atoms with Crippen molar-refractivity contribution in [2.45, 2.75) is 26.4 Å². The molecule has 0 bridgehead atoms. The molecule has 0 amide bonds.